The number of benzene rings is 1. The molecule has 0 radical (unpaired) electrons. The Morgan fingerprint density at radius 1 is 1.56 bits per heavy atom. The maximum absolute atomic E-state index is 5.97. The molecule has 1 nitrogen and oxygen atoms in total. The average Bonchev–Trinajstić information content (AvgIpc) is 2.70. The van der Waals surface area contributed by atoms with E-state index in [4.69, 9.17) is 16.3 Å². The van der Waals surface area contributed by atoms with Crippen molar-refractivity contribution in [3.8, 4) is 5.75 Å². The summed E-state index contributed by atoms with van der Waals surface area (Å²) in [6.07, 6.45) is 4.08. The largest absolute Gasteiger partial charge is 0.490 e. The number of rotatable bonds is 4. The lowest BCUT2D eigenvalue weighted by atomic mass is 9.85. The number of ether oxygens (including phenoxy) is 1. The van der Waals surface area contributed by atoms with Crippen LogP contribution in [0.4, 0.5) is 0 Å². The zero-order valence-electron chi connectivity index (χ0n) is 9.58. The van der Waals surface area contributed by atoms with E-state index < -0.39 is 0 Å². The molecule has 1 aromatic rings. The number of allylic oxidation sites excluding steroid dienone is 1. The molecule has 0 bridgehead atoms. The maximum atomic E-state index is 5.97. The molecule has 2 atom stereocenters. The molecule has 1 aliphatic heterocycles. The van der Waals surface area contributed by atoms with Crippen molar-refractivity contribution in [1.82, 2.24) is 0 Å². The monoisotopic (exact) mass is 236 g/mol. The molecule has 0 amide bonds. The summed E-state index contributed by atoms with van der Waals surface area (Å²) in [6, 6.07) is 8.22. The summed E-state index contributed by atoms with van der Waals surface area (Å²) in [5.74, 6) is 1.61. The first-order valence-electron chi connectivity index (χ1n) is 5.61. The first-order chi connectivity index (χ1) is 7.67. The third kappa shape index (κ3) is 2.25. The Bertz CT molecular complexity index is 363. The number of para-hydroxylation sites is 1. The second-order valence-electron chi connectivity index (χ2n) is 4.75. The van der Waals surface area contributed by atoms with Gasteiger partial charge in [-0.25, -0.2) is 0 Å². The minimum Gasteiger partial charge on any atom is -0.490 e. The summed E-state index contributed by atoms with van der Waals surface area (Å²) in [5, 5.41) is 0. The minimum atomic E-state index is -0.0335. The molecule has 2 rings (SSSR count). The van der Waals surface area contributed by atoms with Crippen LogP contribution in [0.1, 0.15) is 18.9 Å². The highest BCUT2D eigenvalue weighted by Gasteiger charge is 2.30. The number of hydrogen-bond donors (Lipinski definition) is 0. The maximum Gasteiger partial charge on any atom is 0.123 e. The molecule has 0 N–H and O–H groups in total. The van der Waals surface area contributed by atoms with Gasteiger partial charge in [-0.3, -0.25) is 0 Å². The normalized spacial score (nSPS) is 22.0. The fourth-order valence-corrected chi connectivity index (χ4v) is 2.30. The molecule has 0 aromatic heterocycles. The summed E-state index contributed by atoms with van der Waals surface area (Å²) >= 11 is 5.97. The van der Waals surface area contributed by atoms with Gasteiger partial charge in [0.05, 0.1) is 0 Å². The highest BCUT2D eigenvalue weighted by atomic mass is 35.5. The van der Waals surface area contributed by atoms with Gasteiger partial charge in [0.1, 0.15) is 11.9 Å². The van der Waals surface area contributed by atoms with Crippen LogP contribution >= 0.6 is 11.6 Å². The van der Waals surface area contributed by atoms with E-state index in [0.29, 0.717) is 5.88 Å². The van der Waals surface area contributed by atoms with Crippen molar-refractivity contribution in [2.75, 3.05) is 5.88 Å². The van der Waals surface area contributed by atoms with Crippen molar-refractivity contribution in [3.05, 3.63) is 42.5 Å². The Morgan fingerprint density at radius 2 is 2.31 bits per heavy atom. The standard InChI is InChI=1S/C14H17ClO/c1-3-14(2,10-15)9-12-8-11-6-4-5-7-13(11)16-12/h3-7,12H,1,8-10H2,2H3. The molecule has 2 unspecified atom stereocenters. The van der Waals surface area contributed by atoms with Gasteiger partial charge in [0.25, 0.3) is 0 Å². The first-order valence-corrected chi connectivity index (χ1v) is 6.14. The Hall–Kier alpha value is -0.950. The third-order valence-electron chi connectivity index (χ3n) is 3.21. The van der Waals surface area contributed by atoms with Gasteiger partial charge >= 0.3 is 0 Å². The van der Waals surface area contributed by atoms with Crippen LogP contribution in [-0.2, 0) is 6.42 Å². The van der Waals surface area contributed by atoms with Crippen LogP contribution in [0.3, 0.4) is 0 Å². The van der Waals surface area contributed by atoms with Gasteiger partial charge in [-0.1, -0.05) is 31.2 Å². The molecular formula is C14H17ClO. The lowest BCUT2D eigenvalue weighted by Gasteiger charge is -2.25. The van der Waals surface area contributed by atoms with Gasteiger partial charge in [-0.2, -0.15) is 0 Å². The summed E-state index contributed by atoms with van der Waals surface area (Å²) < 4.78 is 5.90. The molecule has 86 valence electrons. The Morgan fingerprint density at radius 3 is 2.94 bits per heavy atom. The zero-order valence-corrected chi connectivity index (χ0v) is 10.3. The van der Waals surface area contributed by atoms with Gasteiger partial charge in [-0.15, -0.1) is 18.2 Å². The second kappa shape index (κ2) is 4.50. The van der Waals surface area contributed by atoms with Crippen molar-refractivity contribution >= 4 is 11.6 Å². The Kier molecular flexibility index (Phi) is 3.25. The highest BCUT2D eigenvalue weighted by molar-refractivity contribution is 6.18. The summed E-state index contributed by atoms with van der Waals surface area (Å²) in [4.78, 5) is 0. The minimum absolute atomic E-state index is 0.0335. The molecule has 0 saturated heterocycles. The molecule has 0 saturated carbocycles. The van der Waals surface area contributed by atoms with Gasteiger partial charge in [-0.05, 0) is 18.1 Å². The molecular weight excluding hydrogens is 220 g/mol. The molecule has 0 aliphatic carbocycles. The number of fused-ring (bicyclic) bond motifs is 1. The molecule has 1 aliphatic rings. The Balaban J connectivity index is 2.04. The van der Waals surface area contributed by atoms with Gasteiger partial charge in [0, 0.05) is 17.7 Å². The summed E-state index contributed by atoms with van der Waals surface area (Å²) in [6.45, 7) is 5.98. The van der Waals surface area contributed by atoms with Crippen LogP contribution in [0.15, 0.2) is 36.9 Å². The average molecular weight is 237 g/mol. The molecule has 1 aromatic carbocycles. The molecule has 0 spiro atoms. The van der Waals surface area contributed by atoms with Crippen LogP contribution in [0, 0.1) is 5.41 Å². The summed E-state index contributed by atoms with van der Waals surface area (Å²) in [5.41, 5.74) is 1.27. The van der Waals surface area contributed by atoms with E-state index in [1.807, 2.05) is 18.2 Å². The predicted octanol–water partition coefficient (Wildman–Crippen LogP) is 3.81. The quantitative estimate of drug-likeness (QED) is 0.571. The van der Waals surface area contributed by atoms with E-state index in [1.54, 1.807) is 0 Å². The van der Waals surface area contributed by atoms with Crippen LogP contribution in [0.25, 0.3) is 0 Å². The second-order valence-corrected chi connectivity index (χ2v) is 5.01. The van der Waals surface area contributed by atoms with Gasteiger partial charge in [0.2, 0.25) is 0 Å². The fraction of sp³-hybridized carbons (Fsp3) is 0.429. The topological polar surface area (TPSA) is 9.23 Å². The van der Waals surface area contributed by atoms with E-state index in [9.17, 15) is 0 Å². The van der Waals surface area contributed by atoms with Crippen LogP contribution < -0.4 is 4.74 Å². The number of halogens is 1. The highest BCUT2D eigenvalue weighted by Crippen LogP contribution is 2.35. The summed E-state index contributed by atoms with van der Waals surface area (Å²) in [7, 11) is 0. The zero-order chi connectivity index (χ0) is 11.6. The van der Waals surface area contributed by atoms with Crippen molar-refractivity contribution < 1.29 is 4.74 Å². The van der Waals surface area contributed by atoms with Crippen LogP contribution in [0.5, 0.6) is 5.75 Å². The predicted molar refractivity (Wildman–Crippen MR) is 68.2 cm³/mol. The van der Waals surface area contributed by atoms with Crippen LogP contribution in [-0.4, -0.2) is 12.0 Å². The SMILES string of the molecule is C=CC(C)(CCl)CC1Cc2ccccc2O1. The van der Waals surface area contributed by atoms with E-state index in [-0.39, 0.29) is 11.5 Å². The number of hydrogen-bond acceptors (Lipinski definition) is 1. The van der Waals surface area contributed by atoms with E-state index in [2.05, 4.69) is 25.6 Å². The van der Waals surface area contributed by atoms with E-state index in [1.165, 1.54) is 5.56 Å². The van der Waals surface area contributed by atoms with Crippen molar-refractivity contribution in [2.45, 2.75) is 25.9 Å². The molecule has 0 fully saturated rings. The van der Waals surface area contributed by atoms with Gasteiger partial charge < -0.3 is 4.74 Å². The van der Waals surface area contributed by atoms with Crippen molar-refractivity contribution in [1.29, 1.82) is 0 Å². The lowest BCUT2D eigenvalue weighted by molar-refractivity contribution is 0.181. The van der Waals surface area contributed by atoms with Crippen molar-refractivity contribution in [2.24, 2.45) is 5.41 Å². The molecule has 16 heavy (non-hydrogen) atoms. The number of alkyl halides is 1. The van der Waals surface area contributed by atoms with E-state index in [0.717, 1.165) is 18.6 Å². The first kappa shape index (κ1) is 11.5. The van der Waals surface area contributed by atoms with Gasteiger partial charge in [0.15, 0.2) is 0 Å². The van der Waals surface area contributed by atoms with Crippen molar-refractivity contribution in [3.63, 3.8) is 0 Å². The van der Waals surface area contributed by atoms with E-state index >= 15 is 0 Å². The molecule has 2 heteroatoms. The third-order valence-corrected chi connectivity index (χ3v) is 3.82. The fourth-order valence-electron chi connectivity index (χ4n) is 2.08. The smallest absolute Gasteiger partial charge is 0.123 e. The lowest BCUT2D eigenvalue weighted by Crippen LogP contribution is -2.26. The molecule has 1 heterocycles. The Labute approximate surface area is 102 Å². The van der Waals surface area contributed by atoms with Crippen LogP contribution in [0.2, 0.25) is 0 Å².